The van der Waals surface area contributed by atoms with Gasteiger partial charge in [-0.1, -0.05) is 204 Å². The molecule has 2 saturated carbocycles. The highest BCUT2D eigenvalue weighted by atomic mass is 15.1. The number of hydrogen-bond donors (Lipinski definition) is 0. The minimum atomic E-state index is -0.436. The summed E-state index contributed by atoms with van der Waals surface area (Å²) in [4.78, 5) is 2.62. The van der Waals surface area contributed by atoms with Crippen LogP contribution in [0.2, 0.25) is 0 Å². The molecule has 2 fully saturated rings. The summed E-state index contributed by atoms with van der Waals surface area (Å²) in [6.45, 7) is 4.81. The van der Waals surface area contributed by atoms with Gasteiger partial charge in [0.1, 0.15) is 0 Å². The maximum atomic E-state index is 2.69. The molecule has 8 aromatic rings. The van der Waals surface area contributed by atoms with Crippen molar-refractivity contribution < 1.29 is 0 Å². The van der Waals surface area contributed by atoms with Gasteiger partial charge in [-0.05, 0) is 140 Å². The molecule has 1 nitrogen and oxygen atoms in total. The zero-order valence-electron chi connectivity index (χ0n) is 37.9. The first-order valence-corrected chi connectivity index (χ1v) is 24.7. The minimum absolute atomic E-state index is 0.134. The standard InChI is InChI=1S/C64H57N/c1-63(2)54-28-15-12-26-49(54)50-38-35-47(41-57(50)63)65(60-31-17-14-25-48(60)44-23-10-5-11-24-44)61-32-18-30-56-62(61)53-27-13-16-29-55(53)64(56)58-39-45(42-19-6-3-7-20-42)33-36-51(58)52-37-34-46(40-59(52)64)43-21-8-4-9-22-43/h5,10-18,23-43H,3-4,6-9,19-22H2,1-2H3. The minimum Gasteiger partial charge on any atom is -0.309 e. The Kier molecular flexibility index (Phi) is 9.03. The molecule has 0 atom stereocenters. The van der Waals surface area contributed by atoms with Crippen LogP contribution in [0.15, 0.2) is 176 Å². The second-order valence-corrected chi connectivity index (χ2v) is 20.4. The van der Waals surface area contributed by atoms with Crippen molar-refractivity contribution in [3.63, 3.8) is 0 Å². The molecule has 0 aromatic heterocycles. The molecule has 1 spiro atoms. The number of fused-ring (bicyclic) bond motifs is 13. The van der Waals surface area contributed by atoms with Crippen molar-refractivity contribution in [2.24, 2.45) is 0 Å². The third-order valence-electron chi connectivity index (χ3n) is 16.7. The average molecular weight is 840 g/mol. The van der Waals surface area contributed by atoms with Gasteiger partial charge in [0.25, 0.3) is 0 Å². The lowest BCUT2D eigenvalue weighted by atomic mass is 9.69. The predicted molar refractivity (Wildman–Crippen MR) is 272 cm³/mol. The normalized spacial score (nSPS) is 17.5. The van der Waals surface area contributed by atoms with Crippen molar-refractivity contribution in [1.29, 1.82) is 0 Å². The number of nitrogens with zero attached hydrogens (tertiary/aromatic N) is 1. The van der Waals surface area contributed by atoms with Gasteiger partial charge in [-0.2, -0.15) is 0 Å². The molecule has 0 N–H and O–H groups in total. The highest BCUT2D eigenvalue weighted by Crippen LogP contribution is 2.66. The molecule has 0 amide bonds. The lowest BCUT2D eigenvalue weighted by Gasteiger charge is -2.34. The molecular formula is C64H57N. The summed E-state index contributed by atoms with van der Waals surface area (Å²) >= 11 is 0. The summed E-state index contributed by atoms with van der Waals surface area (Å²) in [6, 6.07) is 68.6. The molecule has 5 aliphatic carbocycles. The summed E-state index contributed by atoms with van der Waals surface area (Å²) < 4.78 is 0. The van der Waals surface area contributed by atoms with E-state index in [4.69, 9.17) is 0 Å². The third-order valence-corrected chi connectivity index (χ3v) is 16.7. The molecule has 318 valence electrons. The largest absolute Gasteiger partial charge is 0.309 e. The summed E-state index contributed by atoms with van der Waals surface area (Å²) in [6.07, 6.45) is 13.2. The Balaban J connectivity index is 1.10. The first kappa shape index (κ1) is 39.0. The van der Waals surface area contributed by atoms with Crippen molar-refractivity contribution in [1.82, 2.24) is 0 Å². The number of rotatable bonds is 6. The fourth-order valence-corrected chi connectivity index (χ4v) is 13.6. The Morgan fingerprint density at radius 3 is 1.55 bits per heavy atom. The SMILES string of the molecule is CC1(C)c2ccccc2-c2ccc(N(c3ccccc3-c3ccccc3)c3cccc4c3-c3ccccc3C43c4cc(C5CCCCC5)ccc4-c4ccc(C5CCCCC5)cc43)cc21. The predicted octanol–water partition coefficient (Wildman–Crippen LogP) is 17.6. The van der Waals surface area contributed by atoms with Crippen LogP contribution in [0.4, 0.5) is 17.1 Å². The number of hydrogen-bond acceptors (Lipinski definition) is 1. The van der Waals surface area contributed by atoms with Crippen LogP contribution in [0.3, 0.4) is 0 Å². The lowest BCUT2D eigenvalue weighted by molar-refractivity contribution is 0.443. The number of anilines is 3. The molecule has 1 heteroatoms. The topological polar surface area (TPSA) is 3.24 Å². The van der Waals surface area contributed by atoms with Crippen molar-refractivity contribution in [2.75, 3.05) is 4.90 Å². The molecule has 0 heterocycles. The highest BCUT2D eigenvalue weighted by Gasteiger charge is 2.53. The molecule has 0 bridgehead atoms. The van der Waals surface area contributed by atoms with E-state index in [0.717, 1.165) is 0 Å². The Labute approximate surface area is 385 Å². The van der Waals surface area contributed by atoms with E-state index in [1.54, 1.807) is 0 Å². The number of para-hydroxylation sites is 1. The van der Waals surface area contributed by atoms with Gasteiger partial charge in [0.05, 0.1) is 16.8 Å². The van der Waals surface area contributed by atoms with E-state index in [9.17, 15) is 0 Å². The van der Waals surface area contributed by atoms with E-state index < -0.39 is 5.41 Å². The van der Waals surface area contributed by atoms with Crippen LogP contribution in [0, 0.1) is 0 Å². The third kappa shape index (κ3) is 5.76. The second kappa shape index (κ2) is 15.1. The fourth-order valence-electron chi connectivity index (χ4n) is 13.6. The van der Waals surface area contributed by atoms with E-state index in [1.807, 2.05) is 0 Å². The fraction of sp³-hybridized carbons (Fsp3) is 0.250. The van der Waals surface area contributed by atoms with Crippen molar-refractivity contribution in [3.8, 4) is 44.5 Å². The Hall–Kier alpha value is -6.44. The monoisotopic (exact) mass is 839 g/mol. The summed E-state index contributed by atoms with van der Waals surface area (Å²) in [5.41, 5.74) is 25.3. The van der Waals surface area contributed by atoms with E-state index >= 15 is 0 Å². The Morgan fingerprint density at radius 2 is 0.877 bits per heavy atom. The molecule has 5 aliphatic rings. The van der Waals surface area contributed by atoms with E-state index in [1.165, 1.54) is 170 Å². The van der Waals surface area contributed by atoms with Crippen LogP contribution < -0.4 is 4.90 Å². The van der Waals surface area contributed by atoms with Gasteiger partial charge < -0.3 is 4.90 Å². The van der Waals surface area contributed by atoms with Crippen molar-refractivity contribution in [3.05, 3.63) is 220 Å². The zero-order chi connectivity index (χ0) is 43.3. The number of benzene rings is 8. The molecule has 0 radical (unpaired) electrons. The lowest BCUT2D eigenvalue weighted by Crippen LogP contribution is -2.26. The molecule has 8 aromatic carbocycles. The van der Waals surface area contributed by atoms with Crippen LogP contribution in [0.1, 0.15) is 134 Å². The van der Waals surface area contributed by atoms with Crippen molar-refractivity contribution >= 4 is 17.1 Å². The van der Waals surface area contributed by atoms with Gasteiger partial charge in [0.15, 0.2) is 0 Å². The zero-order valence-corrected chi connectivity index (χ0v) is 37.9. The van der Waals surface area contributed by atoms with Crippen LogP contribution >= 0.6 is 0 Å². The second-order valence-electron chi connectivity index (χ2n) is 20.4. The van der Waals surface area contributed by atoms with Gasteiger partial charge >= 0.3 is 0 Å². The van der Waals surface area contributed by atoms with E-state index in [0.29, 0.717) is 11.8 Å². The van der Waals surface area contributed by atoms with Crippen molar-refractivity contribution in [2.45, 2.75) is 101 Å². The maximum absolute atomic E-state index is 2.69. The molecule has 65 heavy (non-hydrogen) atoms. The first-order valence-electron chi connectivity index (χ1n) is 24.7. The van der Waals surface area contributed by atoms with Crippen LogP contribution in [0.5, 0.6) is 0 Å². The van der Waals surface area contributed by atoms with Gasteiger partial charge in [0.2, 0.25) is 0 Å². The van der Waals surface area contributed by atoms with Gasteiger partial charge in [-0.15, -0.1) is 0 Å². The Morgan fingerprint density at radius 1 is 0.369 bits per heavy atom. The molecule has 0 saturated heterocycles. The summed E-state index contributed by atoms with van der Waals surface area (Å²) in [7, 11) is 0. The Bertz CT molecular complexity index is 3090. The van der Waals surface area contributed by atoms with Gasteiger partial charge in [-0.3, -0.25) is 0 Å². The first-order chi connectivity index (χ1) is 32.0. The maximum Gasteiger partial charge on any atom is 0.0726 e. The molecule has 0 aliphatic heterocycles. The summed E-state index contributed by atoms with van der Waals surface area (Å²) in [5, 5.41) is 0. The van der Waals surface area contributed by atoms with E-state index in [2.05, 4.69) is 195 Å². The van der Waals surface area contributed by atoms with Gasteiger partial charge in [0, 0.05) is 22.2 Å². The molecule has 13 rings (SSSR count). The van der Waals surface area contributed by atoms with Crippen LogP contribution in [0.25, 0.3) is 44.5 Å². The van der Waals surface area contributed by atoms with Gasteiger partial charge in [-0.25, -0.2) is 0 Å². The van der Waals surface area contributed by atoms with E-state index in [-0.39, 0.29) is 5.41 Å². The quantitative estimate of drug-likeness (QED) is 0.161. The van der Waals surface area contributed by atoms with Crippen LogP contribution in [-0.2, 0) is 10.8 Å². The average Bonchev–Trinajstić information content (AvgIpc) is 3.93. The van der Waals surface area contributed by atoms with Crippen LogP contribution in [-0.4, -0.2) is 0 Å². The molecule has 0 unspecified atom stereocenters. The smallest absolute Gasteiger partial charge is 0.0726 e. The highest BCUT2D eigenvalue weighted by molar-refractivity contribution is 6.03. The molecular weight excluding hydrogens is 783 g/mol. The summed E-state index contributed by atoms with van der Waals surface area (Å²) in [5.74, 6) is 1.24.